The van der Waals surface area contributed by atoms with E-state index >= 15 is 0 Å². The fourth-order valence-electron chi connectivity index (χ4n) is 6.22. The third-order valence-corrected chi connectivity index (χ3v) is 8.27. The molecule has 1 aromatic carbocycles. The highest BCUT2D eigenvalue weighted by Crippen LogP contribution is 2.48. The van der Waals surface area contributed by atoms with Crippen LogP contribution in [0.4, 0.5) is 0 Å². The summed E-state index contributed by atoms with van der Waals surface area (Å²) in [4.78, 5) is 3.17. The summed E-state index contributed by atoms with van der Waals surface area (Å²) in [5.41, 5.74) is 1.24. The highest BCUT2D eigenvalue weighted by atomic mass is 35.5. The van der Waals surface area contributed by atoms with E-state index in [1.807, 2.05) is 12.1 Å². The summed E-state index contributed by atoms with van der Waals surface area (Å²) in [6.07, 6.45) is 0.158. The van der Waals surface area contributed by atoms with Crippen molar-refractivity contribution < 1.29 is 14.9 Å². The smallest absolute Gasteiger partial charge is 0.241 e. The molecule has 4 aliphatic rings. The van der Waals surface area contributed by atoms with E-state index in [1.165, 1.54) is 5.56 Å². The molecule has 0 spiro atoms. The molecule has 5 heteroatoms. The van der Waals surface area contributed by atoms with Gasteiger partial charge < -0.3 is 5.11 Å². The molecule has 0 unspecified atom stereocenters. The lowest BCUT2D eigenvalue weighted by Gasteiger charge is -2.66. The quantitative estimate of drug-likeness (QED) is 0.723. The maximum absolute atomic E-state index is 11.4. The van der Waals surface area contributed by atoms with Crippen LogP contribution in [0, 0.1) is 22.7 Å². The molecule has 0 amide bonds. The predicted octanol–water partition coefficient (Wildman–Crippen LogP) is 1.45. The molecule has 3 N–H and O–H groups in total. The Kier molecular flexibility index (Phi) is 4.22. The Labute approximate surface area is 160 Å². The van der Waals surface area contributed by atoms with Crippen LogP contribution in [0.3, 0.4) is 0 Å². The molecule has 3 nitrogen and oxygen atoms in total. The number of benzene rings is 1. The van der Waals surface area contributed by atoms with Crippen LogP contribution >= 0.6 is 23.2 Å². The number of quaternary nitrogens is 2. The topological polar surface area (TPSA) is 29.1 Å². The number of aliphatic hydroxyl groups is 1. The van der Waals surface area contributed by atoms with Crippen LogP contribution in [0.15, 0.2) is 18.2 Å². The molecule has 4 bridgehead atoms. The summed E-state index contributed by atoms with van der Waals surface area (Å²) in [7, 11) is 0. The van der Waals surface area contributed by atoms with Gasteiger partial charge in [-0.15, -0.1) is 0 Å². The van der Waals surface area contributed by atoms with Crippen LogP contribution < -0.4 is 9.80 Å². The molecule has 25 heavy (non-hydrogen) atoms. The lowest BCUT2D eigenvalue weighted by Crippen LogP contribution is -3.41. The van der Waals surface area contributed by atoms with E-state index in [0.717, 1.165) is 31.2 Å². The molecular weight excluding hydrogens is 355 g/mol. The molecule has 4 fully saturated rings. The van der Waals surface area contributed by atoms with Gasteiger partial charge in [0.25, 0.3) is 0 Å². The summed E-state index contributed by atoms with van der Waals surface area (Å²) < 4.78 is 0. The van der Waals surface area contributed by atoms with Crippen molar-refractivity contribution in [1.29, 1.82) is 0 Å². The molecule has 4 heterocycles. The Bertz CT molecular complexity index is 646. The first-order valence-corrected chi connectivity index (χ1v) is 10.3. The van der Waals surface area contributed by atoms with E-state index < -0.39 is 0 Å². The molecule has 0 aromatic heterocycles. The number of piperidine rings is 2. The third-order valence-electron chi connectivity index (χ3n) is 7.70. The van der Waals surface area contributed by atoms with E-state index in [0.29, 0.717) is 23.0 Å². The first kappa shape index (κ1) is 18.1. The van der Waals surface area contributed by atoms with Crippen molar-refractivity contribution in [2.24, 2.45) is 22.7 Å². The second-order valence-corrected chi connectivity index (χ2v) is 10.1. The van der Waals surface area contributed by atoms with E-state index in [2.05, 4.69) is 33.8 Å². The van der Waals surface area contributed by atoms with E-state index in [9.17, 15) is 5.11 Å². The molecule has 0 aliphatic carbocycles. The Morgan fingerprint density at radius 2 is 1.44 bits per heavy atom. The van der Waals surface area contributed by atoms with Gasteiger partial charge in [-0.25, -0.2) is 0 Å². The zero-order valence-corrected chi connectivity index (χ0v) is 17.1. The molecule has 0 saturated carbocycles. The number of aliphatic hydroxyl groups excluding tert-OH is 1. The monoisotopic (exact) mass is 384 g/mol. The van der Waals surface area contributed by atoms with Gasteiger partial charge in [0.1, 0.15) is 0 Å². The van der Waals surface area contributed by atoms with Gasteiger partial charge in [0.15, 0.2) is 0 Å². The van der Waals surface area contributed by atoms with Gasteiger partial charge in [0, 0.05) is 5.02 Å². The van der Waals surface area contributed by atoms with Crippen LogP contribution in [0.1, 0.15) is 39.4 Å². The molecule has 4 aliphatic heterocycles. The molecule has 5 rings (SSSR count). The minimum absolute atomic E-state index is 0.0147. The van der Waals surface area contributed by atoms with Crippen molar-refractivity contribution in [1.82, 2.24) is 0 Å². The second-order valence-electron chi connectivity index (χ2n) is 9.30. The van der Waals surface area contributed by atoms with Crippen LogP contribution in [0.25, 0.3) is 0 Å². The minimum Gasteiger partial charge on any atom is -0.391 e. The lowest BCUT2D eigenvalue weighted by atomic mass is 9.52. The zero-order valence-electron chi connectivity index (χ0n) is 15.6. The van der Waals surface area contributed by atoms with Crippen molar-refractivity contribution >= 4 is 23.2 Å². The molecular formula is C20H30Cl2N2O+2. The standard InChI is InChI=1S/C20H28Cl2N2O/c1-12(2)19-8-23-10-20(13(3)4,18(19)25)11-24(9-19)17(23)15-6-5-14(21)7-16(15)22/h5-7,12-13,17-18,25H,8-11H2,1-4H3/p+2. The van der Waals surface area contributed by atoms with Crippen LogP contribution in [0.5, 0.6) is 0 Å². The first-order chi connectivity index (χ1) is 11.7. The van der Waals surface area contributed by atoms with Crippen LogP contribution in [0.2, 0.25) is 10.0 Å². The third kappa shape index (κ3) is 2.36. The van der Waals surface area contributed by atoms with Gasteiger partial charge in [0.05, 0.1) is 53.7 Å². The van der Waals surface area contributed by atoms with Gasteiger partial charge in [-0.1, -0.05) is 50.9 Å². The molecule has 1 aromatic rings. The number of hydrogen-bond donors (Lipinski definition) is 3. The molecule has 0 radical (unpaired) electrons. The highest BCUT2D eigenvalue weighted by molar-refractivity contribution is 6.35. The van der Waals surface area contributed by atoms with Crippen molar-refractivity contribution in [3.63, 3.8) is 0 Å². The van der Waals surface area contributed by atoms with Crippen LogP contribution in [-0.4, -0.2) is 37.4 Å². The summed E-state index contributed by atoms with van der Waals surface area (Å²) in [5.74, 6) is 0.959. The Balaban J connectivity index is 1.79. The van der Waals surface area contributed by atoms with Crippen molar-refractivity contribution in [3.05, 3.63) is 33.8 Å². The summed E-state index contributed by atoms with van der Waals surface area (Å²) >= 11 is 12.7. The van der Waals surface area contributed by atoms with Crippen molar-refractivity contribution in [3.8, 4) is 0 Å². The van der Waals surface area contributed by atoms with Crippen molar-refractivity contribution in [2.45, 2.75) is 40.0 Å². The summed E-state index contributed by atoms with van der Waals surface area (Å²) in [5, 5.41) is 12.9. The van der Waals surface area contributed by atoms with Gasteiger partial charge in [-0.2, -0.15) is 0 Å². The average Bonchev–Trinajstić information content (AvgIpc) is 2.51. The highest BCUT2D eigenvalue weighted by Gasteiger charge is 2.72. The number of rotatable bonds is 3. The van der Waals surface area contributed by atoms with Gasteiger partial charge in [-0.3, -0.25) is 9.80 Å². The second kappa shape index (κ2) is 5.84. The largest absolute Gasteiger partial charge is 0.391 e. The number of nitrogens with one attached hydrogen (secondary N) is 2. The SMILES string of the molecule is CC(C)C12C[NH+]3CC(C(C)C)(C[NH+](C1)C3c1ccc(Cl)cc1Cl)C2O. The normalized spacial score (nSPS) is 42.6. The zero-order chi connectivity index (χ0) is 18.1. The van der Waals surface area contributed by atoms with Crippen molar-refractivity contribution in [2.75, 3.05) is 26.2 Å². The van der Waals surface area contributed by atoms with Gasteiger partial charge in [0.2, 0.25) is 6.17 Å². The summed E-state index contributed by atoms with van der Waals surface area (Å²) in [6.45, 7) is 13.3. The Hall–Kier alpha value is -0.320. The fourth-order valence-corrected chi connectivity index (χ4v) is 6.74. The number of halogens is 2. The molecule has 138 valence electrons. The maximum Gasteiger partial charge on any atom is 0.241 e. The number of hydrogen-bond acceptors (Lipinski definition) is 1. The average molecular weight is 385 g/mol. The Morgan fingerprint density at radius 1 is 0.960 bits per heavy atom. The predicted molar refractivity (Wildman–Crippen MR) is 101 cm³/mol. The van der Waals surface area contributed by atoms with E-state index in [-0.39, 0.29) is 16.9 Å². The first-order valence-electron chi connectivity index (χ1n) is 9.53. The summed E-state index contributed by atoms with van der Waals surface area (Å²) in [6, 6.07) is 5.94. The maximum atomic E-state index is 11.4. The molecule has 0 atom stereocenters. The van der Waals surface area contributed by atoms with Gasteiger partial charge >= 0.3 is 0 Å². The lowest BCUT2D eigenvalue weighted by molar-refractivity contribution is -1.19. The molecule has 4 saturated heterocycles. The van der Waals surface area contributed by atoms with E-state index in [1.54, 1.807) is 9.80 Å². The Morgan fingerprint density at radius 3 is 1.84 bits per heavy atom. The van der Waals surface area contributed by atoms with Gasteiger partial charge in [-0.05, 0) is 30.0 Å². The van der Waals surface area contributed by atoms with E-state index in [4.69, 9.17) is 23.2 Å². The van der Waals surface area contributed by atoms with Crippen LogP contribution in [-0.2, 0) is 0 Å². The fraction of sp³-hybridized carbons (Fsp3) is 0.700. The minimum atomic E-state index is -0.200.